The molecule has 0 aliphatic carbocycles. The van der Waals surface area contributed by atoms with Crippen molar-refractivity contribution in [2.75, 3.05) is 0 Å². The number of hydrogen-bond acceptors (Lipinski definition) is 1. The third-order valence-corrected chi connectivity index (χ3v) is 2.71. The second-order valence-electron chi connectivity index (χ2n) is 3.89. The molecule has 0 spiro atoms. The third kappa shape index (κ3) is 1.47. The molecule has 0 aliphatic rings. The van der Waals surface area contributed by atoms with Gasteiger partial charge in [-0.15, -0.1) is 0 Å². The Hall–Kier alpha value is -0.720. The summed E-state index contributed by atoms with van der Waals surface area (Å²) >= 11 is 0. The first-order chi connectivity index (χ1) is 5.05. The van der Waals surface area contributed by atoms with E-state index in [0.29, 0.717) is 5.92 Å². The standard InChI is InChI=1S/C10H16O/c1-8(2)10(3,4)9-5-6-11-7-9/h5-8H,1-4H3. The van der Waals surface area contributed by atoms with Crippen LogP contribution in [0.4, 0.5) is 0 Å². The Bertz CT molecular complexity index is 207. The fraction of sp³-hybridized carbons (Fsp3) is 0.600. The zero-order chi connectivity index (χ0) is 8.48. The lowest BCUT2D eigenvalue weighted by Crippen LogP contribution is -2.23. The number of furan rings is 1. The van der Waals surface area contributed by atoms with Crippen molar-refractivity contribution in [1.29, 1.82) is 0 Å². The van der Waals surface area contributed by atoms with Crippen molar-refractivity contribution in [3.63, 3.8) is 0 Å². The highest BCUT2D eigenvalue weighted by Gasteiger charge is 2.25. The second kappa shape index (κ2) is 2.72. The van der Waals surface area contributed by atoms with Gasteiger partial charge in [0.2, 0.25) is 0 Å². The van der Waals surface area contributed by atoms with Crippen molar-refractivity contribution >= 4 is 0 Å². The Labute approximate surface area is 68.4 Å². The quantitative estimate of drug-likeness (QED) is 0.634. The van der Waals surface area contributed by atoms with Crippen molar-refractivity contribution < 1.29 is 4.42 Å². The molecule has 62 valence electrons. The van der Waals surface area contributed by atoms with Gasteiger partial charge in [-0.25, -0.2) is 0 Å². The molecule has 0 unspecified atom stereocenters. The summed E-state index contributed by atoms with van der Waals surface area (Å²) in [7, 11) is 0. The first-order valence-corrected chi connectivity index (χ1v) is 4.08. The van der Waals surface area contributed by atoms with Gasteiger partial charge < -0.3 is 4.42 Å². The summed E-state index contributed by atoms with van der Waals surface area (Å²) in [6.45, 7) is 8.94. The lowest BCUT2D eigenvalue weighted by Gasteiger charge is -2.27. The van der Waals surface area contributed by atoms with Gasteiger partial charge in [-0.05, 0) is 23.0 Å². The van der Waals surface area contributed by atoms with Crippen LogP contribution in [0.1, 0.15) is 33.3 Å². The molecule has 1 rings (SSSR count). The zero-order valence-electron chi connectivity index (χ0n) is 7.72. The molecule has 1 aromatic heterocycles. The summed E-state index contributed by atoms with van der Waals surface area (Å²) in [5.74, 6) is 0.639. The van der Waals surface area contributed by atoms with Gasteiger partial charge in [0.1, 0.15) is 0 Å². The fourth-order valence-corrected chi connectivity index (χ4v) is 0.964. The molecular weight excluding hydrogens is 136 g/mol. The Morgan fingerprint density at radius 2 is 2.00 bits per heavy atom. The van der Waals surface area contributed by atoms with Gasteiger partial charge in [-0.1, -0.05) is 27.7 Å². The van der Waals surface area contributed by atoms with Gasteiger partial charge in [-0.2, -0.15) is 0 Å². The summed E-state index contributed by atoms with van der Waals surface area (Å²) in [6, 6.07) is 2.04. The summed E-state index contributed by atoms with van der Waals surface area (Å²) < 4.78 is 5.05. The van der Waals surface area contributed by atoms with Crippen LogP contribution in [0, 0.1) is 5.92 Å². The predicted octanol–water partition coefficient (Wildman–Crippen LogP) is 3.21. The maximum absolute atomic E-state index is 5.05. The topological polar surface area (TPSA) is 13.1 Å². The Morgan fingerprint density at radius 3 is 2.36 bits per heavy atom. The van der Waals surface area contributed by atoms with Crippen LogP contribution in [0.2, 0.25) is 0 Å². The van der Waals surface area contributed by atoms with Crippen molar-refractivity contribution in [3.05, 3.63) is 24.2 Å². The molecule has 0 amide bonds. The van der Waals surface area contributed by atoms with E-state index in [0.717, 1.165) is 0 Å². The van der Waals surface area contributed by atoms with Crippen LogP contribution in [0.3, 0.4) is 0 Å². The fourth-order valence-electron chi connectivity index (χ4n) is 0.964. The van der Waals surface area contributed by atoms with Gasteiger partial charge in [-0.3, -0.25) is 0 Å². The average molecular weight is 152 g/mol. The lowest BCUT2D eigenvalue weighted by molar-refractivity contribution is 0.368. The van der Waals surface area contributed by atoms with Crippen molar-refractivity contribution in [3.8, 4) is 0 Å². The largest absolute Gasteiger partial charge is 0.472 e. The number of hydrogen-bond donors (Lipinski definition) is 0. The minimum atomic E-state index is 0.229. The van der Waals surface area contributed by atoms with E-state index in [-0.39, 0.29) is 5.41 Å². The summed E-state index contributed by atoms with van der Waals surface area (Å²) in [5, 5.41) is 0. The van der Waals surface area contributed by atoms with Crippen molar-refractivity contribution in [1.82, 2.24) is 0 Å². The first kappa shape index (κ1) is 8.38. The SMILES string of the molecule is CC(C)C(C)(C)c1ccoc1. The molecule has 0 bridgehead atoms. The normalized spacial score (nSPS) is 12.5. The van der Waals surface area contributed by atoms with E-state index in [9.17, 15) is 0 Å². The van der Waals surface area contributed by atoms with Gasteiger partial charge in [0.05, 0.1) is 12.5 Å². The molecule has 0 atom stereocenters. The van der Waals surface area contributed by atoms with Crippen LogP contribution in [-0.4, -0.2) is 0 Å². The van der Waals surface area contributed by atoms with Gasteiger partial charge >= 0.3 is 0 Å². The molecule has 0 fully saturated rings. The summed E-state index contributed by atoms with van der Waals surface area (Å²) in [4.78, 5) is 0. The van der Waals surface area contributed by atoms with Crippen molar-refractivity contribution in [2.24, 2.45) is 5.92 Å². The summed E-state index contributed by atoms with van der Waals surface area (Å²) in [6.07, 6.45) is 3.57. The molecule has 1 aromatic rings. The van der Waals surface area contributed by atoms with Gasteiger partial charge in [0, 0.05) is 0 Å². The molecule has 0 aliphatic heterocycles. The van der Waals surface area contributed by atoms with Crippen LogP contribution >= 0.6 is 0 Å². The monoisotopic (exact) mass is 152 g/mol. The average Bonchev–Trinajstić information content (AvgIpc) is 2.37. The van der Waals surface area contributed by atoms with E-state index in [4.69, 9.17) is 4.42 Å². The summed E-state index contributed by atoms with van der Waals surface area (Å²) in [5.41, 5.74) is 1.51. The molecule has 1 heteroatoms. The second-order valence-corrected chi connectivity index (χ2v) is 3.89. The van der Waals surface area contributed by atoms with Crippen molar-refractivity contribution in [2.45, 2.75) is 33.1 Å². The number of rotatable bonds is 2. The van der Waals surface area contributed by atoms with E-state index >= 15 is 0 Å². The highest BCUT2D eigenvalue weighted by atomic mass is 16.3. The lowest BCUT2D eigenvalue weighted by atomic mass is 9.76. The van der Waals surface area contributed by atoms with Gasteiger partial charge in [0.25, 0.3) is 0 Å². The smallest absolute Gasteiger partial charge is 0.0940 e. The van der Waals surface area contributed by atoms with E-state index in [1.165, 1.54) is 5.56 Å². The highest BCUT2D eigenvalue weighted by Crippen LogP contribution is 2.31. The molecule has 0 aromatic carbocycles. The molecule has 0 saturated carbocycles. The Morgan fingerprint density at radius 1 is 1.36 bits per heavy atom. The maximum Gasteiger partial charge on any atom is 0.0940 e. The van der Waals surface area contributed by atoms with E-state index < -0.39 is 0 Å². The molecule has 0 N–H and O–H groups in total. The van der Waals surface area contributed by atoms with Crippen LogP contribution in [0.15, 0.2) is 23.0 Å². The van der Waals surface area contributed by atoms with E-state index in [1.807, 2.05) is 12.3 Å². The molecule has 0 saturated heterocycles. The highest BCUT2D eigenvalue weighted by molar-refractivity contribution is 5.18. The molecule has 11 heavy (non-hydrogen) atoms. The first-order valence-electron chi connectivity index (χ1n) is 4.08. The third-order valence-electron chi connectivity index (χ3n) is 2.71. The molecule has 0 radical (unpaired) electrons. The Balaban J connectivity index is 2.90. The zero-order valence-corrected chi connectivity index (χ0v) is 7.72. The molecular formula is C10H16O. The van der Waals surface area contributed by atoms with Crippen LogP contribution in [0.5, 0.6) is 0 Å². The van der Waals surface area contributed by atoms with Crippen LogP contribution < -0.4 is 0 Å². The molecule has 1 heterocycles. The minimum Gasteiger partial charge on any atom is -0.472 e. The minimum absolute atomic E-state index is 0.229. The van der Waals surface area contributed by atoms with Crippen LogP contribution in [-0.2, 0) is 5.41 Å². The van der Waals surface area contributed by atoms with Gasteiger partial charge in [0.15, 0.2) is 0 Å². The molecule has 1 nitrogen and oxygen atoms in total. The maximum atomic E-state index is 5.05. The predicted molar refractivity (Wildman–Crippen MR) is 46.6 cm³/mol. The van der Waals surface area contributed by atoms with Crippen LogP contribution in [0.25, 0.3) is 0 Å². The Kier molecular flexibility index (Phi) is 2.08. The van der Waals surface area contributed by atoms with E-state index in [2.05, 4.69) is 27.7 Å². The van der Waals surface area contributed by atoms with E-state index in [1.54, 1.807) is 6.26 Å².